The summed E-state index contributed by atoms with van der Waals surface area (Å²) in [5.41, 5.74) is 7.91. The minimum atomic E-state index is -0.984. The second-order valence-corrected chi connectivity index (χ2v) is 5.22. The van der Waals surface area contributed by atoms with Crippen LogP contribution in [0.2, 0.25) is 0 Å². The molecular weight excluding hydrogens is 242 g/mol. The number of rotatable bonds is 4. The van der Waals surface area contributed by atoms with Gasteiger partial charge in [0.15, 0.2) is 0 Å². The molecule has 2 rings (SSSR count). The number of carbonyl (C=O) groups is 1. The van der Waals surface area contributed by atoms with Gasteiger partial charge in [-0.15, -0.1) is 0 Å². The van der Waals surface area contributed by atoms with Crippen molar-refractivity contribution >= 4 is 17.3 Å². The van der Waals surface area contributed by atoms with Crippen molar-refractivity contribution in [2.24, 2.45) is 0 Å². The number of nitrogens with one attached hydrogen (secondary N) is 1. The highest BCUT2D eigenvalue weighted by Crippen LogP contribution is 2.23. The molecule has 1 aromatic rings. The highest BCUT2D eigenvalue weighted by Gasteiger charge is 2.20. The van der Waals surface area contributed by atoms with Gasteiger partial charge in [0.2, 0.25) is 0 Å². The van der Waals surface area contributed by atoms with Crippen LogP contribution >= 0.6 is 0 Å². The number of carboxylic acids is 1. The molecule has 5 nitrogen and oxygen atoms in total. The molecule has 0 aliphatic carbocycles. The van der Waals surface area contributed by atoms with Gasteiger partial charge in [0, 0.05) is 24.0 Å². The monoisotopic (exact) mass is 263 g/mol. The fourth-order valence-electron chi connectivity index (χ4n) is 2.55. The zero-order valence-electron chi connectivity index (χ0n) is 11.4. The first kappa shape index (κ1) is 13.7. The third-order valence-electron chi connectivity index (χ3n) is 3.83. The van der Waals surface area contributed by atoms with Crippen LogP contribution < -0.4 is 11.1 Å². The summed E-state index contributed by atoms with van der Waals surface area (Å²) in [4.78, 5) is 13.5. The molecule has 1 aromatic carbocycles. The molecule has 0 amide bonds. The molecule has 0 radical (unpaired) electrons. The van der Waals surface area contributed by atoms with Crippen LogP contribution in [0.5, 0.6) is 0 Å². The lowest BCUT2D eigenvalue weighted by molar-refractivity contribution is 0.0698. The van der Waals surface area contributed by atoms with Crippen molar-refractivity contribution in [1.82, 2.24) is 4.90 Å². The molecule has 19 heavy (non-hydrogen) atoms. The predicted molar refractivity (Wildman–Crippen MR) is 76.7 cm³/mol. The number of hydrogen-bond donors (Lipinski definition) is 3. The summed E-state index contributed by atoms with van der Waals surface area (Å²) >= 11 is 0. The molecule has 1 aliphatic rings. The number of carboxylic acid groups (broad SMARTS) is 1. The predicted octanol–water partition coefficient (Wildman–Crippen LogP) is 1.78. The Morgan fingerprint density at radius 3 is 2.89 bits per heavy atom. The van der Waals surface area contributed by atoms with E-state index in [4.69, 9.17) is 10.8 Å². The summed E-state index contributed by atoms with van der Waals surface area (Å²) in [7, 11) is 2.12. The Kier molecular flexibility index (Phi) is 3.95. The van der Waals surface area contributed by atoms with E-state index >= 15 is 0 Å². The van der Waals surface area contributed by atoms with Gasteiger partial charge in [-0.2, -0.15) is 0 Å². The number of likely N-dealkylation sites (N-methyl/N-ethyl adjacent to an activating group) is 1. The van der Waals surface area contributed by atoms with Crippen molar-refractivity contribution in [3.05, 3.63) is 23.3 Å². The molecule has 0 spiro atoms. The molecule has 1 fully saturated rings. The average Bonchev–Trinajstić information content (AvgIpc) is 2.76. The standard InChI is InChI=1S/C14H21N3O2/c1-9-6-10(7-12(13(9)15)14(18)19)16-8-11-4-3-5-17(11)2/h6-7,11,16H,3-5,8,15H2,1-2H3,(H,18,19). The number of likely N-dealkylation sites (tertiary alicyclic amines) is 1. The third kappa shape index (κ3) is 2.98. The summed E-state index contributed by atoms with van der Waals surface area (Å²) in [5.74, 6) is -0.984. The van der Waals surface area contributed by atoms with Crippen molar-refractivity contribution < 1.29 is 9.90 Å². The van der Waals surface area contributed by atoms with E-state index in [0.717, 1.165) is 24.3 Å². The van der Waals surface area contributed by atoms with Crippen LogP contribution in [-0.2, 0) is 0 Å². The van der Waals surface area contributed by atoms with Crippen LogP contribution in [0.15, 0.2) is 12.1 Å². The van der Waals surface area contributed by atoms with E-state index in [1.54, 1.807) is 6.07 Å². The molecule has 0 aromatic heterocycles. The summed E-state index contributed by atoms with van der Waals surface area (Å²) in [5, 5.41) is 12.4. The van der Waals surface area contributed by atoms with Gasteiger partial charge in [-0.1, -0.05) is 0 Å². The highest BCUT2D eigenvalue weighted by molar-refractivity contribution is 5.95. The normalized spacial score (nSPS) is 19.6. The Morgan fingerprint density at radius 2 is 2.32 bits per heavy atom. The lowest BCUT2D eigenvalue weighted by Crippen LogP contribution is -2.31. The van der Waals surface area contributed by atoms with Crippen LogP contribution in [-0.4, -0.2) is 42.2 Å². The van der Waals surface area contributed by atoms with Crippen molar-refractivity contribution in [2.75, 3.05) is 31.2 Å². The number of aryl methyl sites for hydroxylation is 1. The lowest BCUT2D eigenvalue weighted by Gasteiger charge is -2.21. The molecular formula is C14H21N3O2. The number of nitrogens with zero attached hydrogens (tertiary/aromatic N) is 1. The topological polar surface area (TPSA) is 78.6 Å². The summed E-state index contributed by atoms with van der Waals surface area (Å²) in [6.45, 7) is 3.79. The Hall–Kier alpha value is -1.75. The third-order valence-corrected chi connectivity index (χ3v) is 3.83. The molecule has 1 aliphatic heterocycles. The maximum atomic E-state index is 11.1. The maximum absolute atomic E-state index is 11.1. The first-order valence-corrected chi connectivity index (χ1v) is 6.56. The van der Waals surface area contributed by atoms with Gasteiger partial charge in [0.05, 0.1) is 5.56 Å². The van der Waals surface area contributed by atoms with E-state index in [0.29, 0.717) is 11.7 Å². The fourth-order valence-corrected chi connectivity index (χ4v) is 2.55. The second kappa shape index (κ2) is 5.48. The molecule has 104 valence electrons. The van der Waals surface area contributed by atoms with Crippen molar-refractivity contribution in [1.29, 1.82) is 0 Å². The van der Waals surface area contributed by atoms with Crippen LogP contribution in [0.25, 0.3) is 0 Å². The first-order valence-electron chi connectivity index (χ1n) is 6.56. The second-order valence-electron chi connectivity index (χ2n) is 5.22. The van der Waals surface area contributed by atoms with Crippen molar-refractivity contribution in [3.63, 3.8) is 0 Å². The van der Waals surface area contributed by atoms with E-state index in [9.17, 15) is 4.79 Å². The molecule has 1 atom stereocenters. The minimum Gasteiger partial charge on any atom is -0.478 e. The first-order chi connectivity index (χ1) is 8.99. The van der Waals surface area contributed by atoms with E-state index < -0.39 is 5.97 Å². The van der Waals surface area contributed by atoms with Gasteiger partial charge in [0.1, 0.15) is 0 Å². The largest absolute Gasteiger partial charge is 0.478 e. The molecule has 0 saturated carbocycles. The van der Waals surface area contributed by atoms with Gasteiger partial charge in [-0.3, -0.25) is 0 Å². The van der Waals surface area contributed by atoms with Gasteiger partial charge in [-0.25, -0.2) is 4.79 Å². The van der Waals surface area contributed by atoms with Crippen LogP contribution in [0, 0.1) is 6.92 Å². The number of nitrogens with two attached hydrogens (primary N) is 1. The molecule has 0 bridgehead atoms. The van der Waals surface area contributed by atoms with Gasteiger partial charge < -0.3 is 21.1 Å². The summed E-state index contributed by atoms with van der Waals surface area (Å²) in [6, 6.07) is 4.03. The smallest absolute Gasteiger partial charge is 0.337 e. The molecule has 1 unspecified atom stereocenters. The fraction of sp³-hybridized carbons (Fsp3) is 0.500. The zero-order chi connectivity index (χ0) is 14.0. The van der Waals surface area contributed by atoms with Gasteiger partial charge in [-0.05, 0) is 51.1 Å². The molecule has 1 heterocycles. The van der Waals surface area contributed by atoms with Gasteiger partial charge in [0.25, 0.3) is 0 Å². The summed E-state index contributed by atoms with van der Waals surface area (Å²) in [6.07, 6.45) is 2.41. The SMILES string of the molecule is Cc1cc(NCC2CCCN2C)cc(C(=O)O)c1N. The Morgan fingerprint density at radius 1 is 1.58 bits per heavy atom. The number of aromatic carboxylic acids is 1. The quantitative estimate of drug-likeness (QED) is 0.722. The van der Waals surface area contributed by atoms with Crippen LogP contribution in [0.1, 0.15) is 28.8 Å². The summed E-state index contributed by atoms with van der Waals surface area (Å²) < 4.78 is 0. The molecule has 5 heteroatoms. The molecule has 4 N–H and O–H groups in total. The highest BCUT2D eigenvalue weighted by atomic mass is 16.4. The van der Waals surface area contributed by atoms with E-state index in [1.807, 2.05) is 13.0 Å². The van der Waals surface area contributed by atoms with Crippen LogP contribution in [0.3, 0.4) is 0 Å². The Labute approximate surface area is 113 Å². The lowest BCUT2D eigenvalue weighted by atomic mass is 10.1. The minimum absolute atomic E-state index is 0.169. The van der Waals surface area contributed by atoms with E-state index in [-0.39, 0.29) is 5.56 Å². The van der Waals surface area contributed by atoms with Crippen LogP contribution in [0.4, 0.5) is 11.4 Å². The number of benzene rings is 1. The van der Waals surface area contributed by atoms with E-state index in [2.05, 4.69) is 17.3 Å². The molecule has 1 saturated heterocycles. The van der Waals surface area contributed by atoms with Crippen molar-refractivity contribution in [3.8, 4) is 0 Å². The van der Waals surface area contributed by atoms with E-state index in [1.165, 1.54) is 12.8 Å². The number of anilines is 2. The average molecular weight is 263 g/mol. The maximum Gasteiger partial charge on any atom is 0.337 e. The number of hydrogen-bond acceptors (Lipinski definition) is 4. The van der Waals surface area contributed by atoms with Crippen molar-refractivity contribution in [2.45, 2.75) is 25.8 Å². The zero-order valence-corrected chi connectivity index (χ0v) is 11.4. The number of nitrogen functional groups attached to an aromatic ring is 1. The van der Waals surface area contributed by atoms with Gasteiger partial charge >= 0.3 is 5.97 Å². The Balaban J connectivity index is 2.10. The Bertz CT molecular complexity index is 488.